The van der Waals surface area contributed by atoms with Crippen LogP contribution in [0.2, 0.25) is 0 Å². The van der Waals surface area contributed by atoms with Gasteiger partial charge < -0.3 is 5.32 Å². The summed E-state index contributed by atoms with van der Waals surface area (Å²) in [5.74, 6) is -0.251. The van der Waals surface area contributed by atoms with Gasteiger partial charge in [0.25, 0.3) is 11.5 Å². The molecule has 2 aromatic heterocycles. The van der Waals surface area contributed by atoms with Gasteiger partial charge in [-0.3, -0.25) is 14.3 Å². The molecule has 20 heavy (non-hydrogen) atoms. The third kappa shape index (κ3) is 2.34. The lowest BCUT2D eigenvalue weighted by atomic mass is 10.0. The Morgan fingerprint density at radius 1 is 1.40 bits per heavy atom. The summed E-state index contributed by atoms with van der Waals surface area (Å²) in [5.41, 5.74) is 1.14. The Labute approximate surface area is 115 Å². The number of aryl methyl sites for hydroxylation is 2. The van der Waals surface area contributed by atoms with Gasteiger partial charge in [-0.2, -0.15) is 10.2 Å². The van der Waals surface area contributed by atoms with Crippen LogP contribution in [0.3, 0.4) is 0 Å². The van der Waals surface area contributed by atoms with Gasteiger partial charge in [0.1, 0.15) is 5.69 Å². The van der Waals surface area contributed by atoms with Gasteiger partial charge >= 0.3 is 0 Å². The number of carbonyl (C=O) groups is 1. The summed E-state index contributed by atoms with van der Waals surface area (Å²) in [4.78, 5) is 23.4. The second-order valence-corrected chi connectivity index (χ2v) is 4.89. The zero-order chi connectivity index (χ0) is 14.1. The molecule has 3 heterocycles. The molecular formula is C13H15N5O2. The molecule has 0 unspecified atom stereocenters. The van der Waals surface area contributed by atoms with Gasteiger partial charge in [-0.1, -0.05) is 0 Å². The Hall–Kier alpha value is -2.44. The van der Waals surface area contributed by atoms with Gasteiger partial charge in [0.05, 0.1) is 0 Å². The summed E-state index contributed by atoms with van der Waals surface area (Å²) in [6, 6.07) is 4.83. The van der Waals surface area contributed by atoms with E-state index >= 15 is 0 Å². The topological polar surface area (TPSA) is 81.8 Å². The fourth-order valence-corrected chi connectivity index (χ4v) is 2.37. The first-order valence-electron chi connectivity index (χ1n) is 6.49. The second kappa shape index (κ2) is 4.92. The largest absolute Gasteiger partial charge is 0.347 e. The van der Waals surface area contributed by atoms with Gasteiger partial charge in [0.15, 0.2) is 0 Å². The van der Waals surface area contributed by atoms with Crippen molar-refractivity contribution in [2.75, 3.05) is 0 Å². The van der Waals surface area contributed by atoms with Crippen molar-refractivity contribution < 1.29 is 4.79 Å². The van der Waals surface area contributed by atoms with E-state index in [1.54, 1.807) is 6.20 Å². The maximum atomic E-state index is 12.1. The molecule has 0 aliphatic carbocycles. The van der Waals surface area contributed by atoms with Crippen LogP contribution in [0.5, 0.6) is 0 Å². The highest BCUT2D eigenvalue weighted by molar-refractivity contribution is 5.92. The smallest absolute Gasteiger partial charge is 0.271 e. The molecule has 0 aromatic carbocycles. The average molecular weight is 273 g/mol. The van der Waals surface area contributed by atoms with E-state index in [2.05, 4.69) is 15.5 Å². The highest BCUT2D eigenvalue weighted by atomic mass is 16.2. The number of amides is 1. The second-order valence-electron chi connectivity index (χ2n) is 4.89. The van der Waals surface area contributed by atoms with Crippen molar-refractivity contribution in [1.29, 1.82) is 0 Å². The Kier molecular flexibility index (Phi) is 3.09. The third-order valence-corrected chi connectivity index (χ3v) is 3.48. The summed E-state index contributed by atoms with van der Waals surface area (Å²) in [7, 11) is 1.53. The number of aromatic nitrogens is 4. The molecule has 0 radical (unpaired) electrons. The van der Waals surface area contributed by atoms with Crippen molar-refractivity contribution in [2.24, 2.45) is 7.05 Å². The standard InChI is InChI=1S/C13H15N5O2/c1-17-12(19)3-2-11(16-17)13(20)15-9-5-7-18-10(8-9)4-6-14-18/h2-4,6,9H,5,7-8H2,1H3,(H,15,20)/t9-/m1/s1. The first kappa shape index (κ1) is 12.6. The Morgan fingerprint density at radius 2 is 2.25 bits per heavy atom. The number of nitrogens with zero attached hydrogens (tertiary/aromatic N) is 4. The normalized spacial score (nSPS) is 17.6. The fraction of sp³-hybridized carbons (Fsp3) is 0.385. The predicted octanol–water partition coefficient (Wildman–Crippen LogP) is -0.278. The molecule has 0 saturated heterocycles. The highest BCUT2D eigenvalue weighted by Gasteiger charge is 2.21. The predicted molar refractivity (Wildman–Crippen MR) is 71.3 cm³/mol. The molecule has 0 bridgehead atoms. The molecule has 0 spiro atoms. The Bertz CT molecular complexity index is 703. The molecule has 0 fully saturated rings. The van der Waals surface area contributed by atoms with E-state index in [1.165, 1.54) is 19.2 Å². The lowest BCUT2D eigenvalue weighted by Crippen LogP contribution is -2.41. The summed E-state index contributed by atoms with van der Waals surface area (Å²) in [6.45, 7) is 0.800. The fourth-order valence-electron chi connectivity index (χ4n) is 2.37. The van der Waals surface area contributed by atoms with Crippen molar-refractivity contribution in [3.8, 4) is 0 Å². The minimum Gasteiger partial charge on any atom is -0.347 e. The van der Waals surface area contributed by atoms with Gasteiger partial charge in [0, 0.05) is 44.0 Å². The van der Waals surface area contributed by atoms with E-state index in [4.69, 9.17) is 0 Å². The minimum absolute atomic E-state index is 0.0748. The van der Waals surface area contributed by atoms with Crippen LogP contribution in [0, 0.1) is 0 Å². The number of rotatable bonds is 2. The summed E-state index contributed by atoms with van der Waals surface area (Å²) < 4.78 is 3.11. The first-order chi connectivity index (χ1) is 9.63. The lowest BCUT2D eigenvalue weighted by molar-refractivity contribution is 0.0923. The third-order valence-electron chi connectivity index (χ3n) is 3.48. The van der Waals surface area contributed by atoms with E-state index in [-0.39, 0.29) is 23.2 Å². The van der Waals surface area contributed by atoms with Gasteiger partial charge in [-0.05, 0) is 18.6 Å². The number of carbonyl (C=O) groups excluding carboxylic acids is 1. The maximum Gasteiger partial charge on any atom is 0.271 e. The number of nitrogens with one attached hydrogen (secondary N) is 1. The lowest BCUT2D eigenvalue weighted by Gasteiger charge is -2.24. The van der Waals surface area contributed by atoms with E-state index < -0.39 is 0 Å². The van der Waals surface area contributed by atoms with Crippen LogP contribution in [0.15, 0.2) is 29.2 Å². The van der Waals surface area contributed by atoms with Crippen LogP contribution in [-0.4, -0.2) is 31.5 Å². The van der Waals surface area contributed by atoms with Crippen LogP contribution in [0.25, 0.3) is 0 Å². The van der Waals surface area contributed by atoms with Crippen molar-refractivity contribution >= 4 is 5.91 Å². The molecule has 1 N–H and O–H groups in total. The molecule has 1 amide bonds. The molecule has 7 heteroatoms. The summed E-state index contributed by atoms with van der Waals surface area (Å²) in [6.07, 6.45) is 3.37. The minimum atomic E-state index is -0.251. The molecule has 104 valence electrons. The monoisotopic (exact) mass is 273 g/mol. The zero-order valence-electron chi connectivity index (χ0n) is 11.1. The van der Waals surface area contributed by atoms with E-state index in [1.807, 2.05) is 10.7 Å². The quantitative estimate of drug-likeness (QED) is 0.816. The van der Waals surface area contributed by atoms with Gasteiger partial charge in [-0.25, -0.2) is 4.68 Å². The molecule has 2 aromatic rings. The van der Waals surface area contributed by atoms with Crippen molar-refractivity contribution in [3.63, 3.8) is 0 Å². The molecule has 7 nitrogen and oxygen atoms in total. The van der Waals surface area contributed by atoms with Crippen molar-refractivity contribution in [1.82, 2.24) is 24.9 Å². The maximum absolute atomic E-state index is 12.1. The number of hydrogen-bond donors (Lipinski definition) is 1. The zero-order valence-corrected chi connectivity index (χ0v) is 11.1. The van der Waals surface area contributed by atoms with Crippen LogP contribution in [-0.2, 0) is 20.0 Å². The molecule has 1 aliphatic heterocycles. The SMILES string of the molecule is Cn1nc(C(=O)N[C@@H]2CCn3nccc3C2)ccc1=O. The molecule has 1 aliphatic rings. The van der Waals surface area contributed by atoms with Crippen LogP contribution in [0.4, 0.5) is 0 Å². The Balaban J connectivity index is 1.70. The summed E-state index contributed by atoms with van der Waals surface area (Å²) in [5, 5.41) is 11.1. The molecule has 3 rings (SSSR count). The van der Waals surface area contributed by atoms with Crippen LogP contribution >= 0.6 is 0 Å². The van der Waals surface area contributed by atoms with Gasteiger partial charge in [-0.15, -0.1) is 0 Å². The molecular weight excluding hydrogens is 258 g/mol. The van der Waals surface area contributed by atoms with E-state index in [0.717, 1.165) is 29.8 Å². The molecule has 1 atom stereocenters. The van der Waals surface area contributed by atoms with Gasteiger partial charge in [0.2, 0.25) is 0 Å². The average Bonchev–Trinajstić information content (AvgIpc) is 2.89. The number of fused-ring (bicyclic) bond motifs is 1. The highest BCUT2D eigenvalue weighted by Crippen LogP contribution is 2.13. The van der Waals surface area contributed by atoms with Crippen LogP contribution in [0.1, 0.15) is 22.6 Å². The summed E-state index contributed by atoms with van der Waals surface area (Å²) >= 11 is 0. The van der Waals surface area contributed by atoms with E-state index in [0.29, 0.717) is 0 Å². The van der Waals surface area contributed by atoms with Crippen molar-refractivity contribution in [3.05, 3.63) is 46.1 Å². The van der Waals surface area contributed by atoms with E-state index in [9.17, 15) is 9.59 Å². The van der Waals surface area contributed by atoms with Crippen molar-refractivity contribution in [2.45, 2.75) is 25.4 Å². The number of hydrogen-bond acceptors (Lipinski definition) is 4. The first-order valence-corrected chi connectivity index (χ1v) is 6.49. The Morgan fingerprint density at radius 3 is 3.05 bits per heavy atom. The van der Waals surface area contributed by atoms with Crippen LogP contribution < -0.4 is 10.9 Å². The molecule has 0 saturated carbocycles.